The molecule has 0 spiro atoms. The predicted octanol–water partition coefficient (Wildman–Crippen LogP) is 2.17. The quantitative estimate of drug-likeness (QED) is 0.482. The number of esters is 1. The number of methoxy groups -OCH3 is 1. The minimum absolute atomic E-state index is 0.149. The van der Waals surface area contributed by atoms with Gasteiger partial charge in [0.15, 0.2) is 0 Å². The molecule has 1 aromatic carbocycles. The Morgan fingerprint density at radius 3 is 2.50 bits per heavy atom. The van der Waals surface area contributed by atoms with E-state index in [0.29, 0.717) is 6.61 Å². The van der Waals surface area contributed by atoms with Crippen molar-refractivity contribution < 1.29 is 19.4 Å². The summed E-state index contributed by atoms with van der Waals surface area (Å²) in [6.07, 6.45) is 0. The van der Waals surface area contributed by atoms with Crippen LogP contribution in [-0.2, 0) is 20.9 Å². The van der Waals surface area contributed by atoms with Crippen molar-refractivity contribution in [1.82, 2.24) is 0 Å². The van der Waals surface area contributed by atoms with E-state index in [1.807, 2.05) is 30.3 Å². The molecule has 0 saturated carbocycles. The molecule has 0 radical (unpaired) electrons. The van der Waals surface area contributed by atoms with E-state index in [4.69, 9.17) is 4.74 Å². The molecule has 0 saturated heterocycles. The van der Waals surface area contributed by atoms with Crippen LogP contribution >= 0.6 is 0 Å². The molecule has 0 fully saturated rings. The van der Waals surface area contributed by atoms with E-state index < -0.39 is 11.7 Å². The second kappa shape index (κ2) is 5.80. The Kier molecular flexibility index (Phi) is 4.39. The Bertz CT molecular complexity index is 381. The van der Waals surface area contributed by atoms with Crippen molar-refractivity contribution in [2.45, 2.75) is 13.5 Å². The molecule has 1 rings (SSSR count). The number of hydrogen-bond acceptors (Lipinski definition) is 4. The monoisotopic (exact) mass is 222 g/mol. The van der Waals surface area contributed by atoms with Crippen LogP contribution < -0.4 is 0 Å². The first-order valence-electron chi connectivity index (χ1n) is 4.80. The molecule has 0 aliphatic rings. The number of carbonyl (C=O) groups excluding carboxylic acids is 1. The molecule has 0 aromatic heterocycles. The summed E-state index contributed by atoms with van der Waals surface area (Å²) in [5, 5.41) is 9.34. The first-order valence-corrected chi connectivity index (χ1v) is 4.80. The molecule has 86 valence electrons. The van der Waals surface area contributed by atoms with Gasteiger partial charge in [-0.25, -0.2) is 4.79 Å². The van der Waals surface area contributed by atoms with Crippen molar-refractivity contribution in [3.8, 4) is 0 Å². The molecule has 0 bridgehead atoms. The van der Waals surface area contributed by atoms with Crippen LogP contribution in [0.5, 0.6) is 0 Å². The largest absolute Gasteiger partial charge is 0.499 e. The highest BCUT2D eigenvalue weighted by Gasteiger charge is 2.12. The Balaban J connectivity index is 2.59. The van der Waals surface area contributed by atoms with Gasteiger partial charge in [0.05, 0.1) is 7.11 Å². The highest BCUT2D eigenvalue weighted by molar-refractivity contribution is 5.85. The van der Waals surface area contributed by atoms with Crippen LogP contribution in [0.15, 0.2) is 41.9 Å². The zero-order valence-corrected chi connectivity index (χ0v) is 9.27. The van der Waals surface area contributed by atoms with Crippen LogP contribution in [0.25, 0.3) is 0 Å². The van der Waals surface area contributed by atoms with E-state index in [-0.39, 0.29) is 5.76 Å². The number of carbonyl (C=O) groups is 1. The summed E-state index contributed by atoms with van der Waals surface area (Å²) in [7, 11) is 1.20. The number of allylic oxidation sites excluding steroid dienone is 1. The van der Waals surface area contributed by atoms with Crippen LogP contribution in [0.2, 0.25) is 0 Å². The zero-order chi connectivity index (χ0) is 12.0. The summed E-state index contributed by atoms with van der Waals surface area (Å²) >= 11 is 0. The fraction of sp³-hybridized carbons (Fsp3) is 0.250. The van der Waals surface area contributed by atoms with Gasteiger partial charge in [-0.05, 0) is 12.5 Å². The van der Waals surface area contributed by atoms with Crippen LogP contribution in [0.3, 0.4) is 0 Å². The average Bonchev–Trinajstić information content (AvgIpc) is 2.35. The third-order valence-electron chi connectivity index (χ3n) is 2.01. The molecule has 0 aliphatic carbocycles. The maximum Gasteiger partial charge on any atom is 0.376 e. The Morgan fingerprint density at radius 1 is 1.31 bits per heavy atom. The molecule has 0 aliphatic heterocycles. The number of aliphatic hydroxyl groups is 1. The zero-order valence-electron chi connectivity index (χ0n) is 9.27. The molecule has 0 heterocycles. The van der Waals surface area contributed by atoms with Crippen molar-refractivity contribution in [2.24, 2.45) is 0 Å². The molecule has 16 heavy (non-hydrogen) atoms. The Hall–Kier alpha value is -1.97. The molecule has 0 amide bonds. The number of benzene rings is 1. The van der Waals surface area contributed by atoms with Crippen molar-refractivity contribution >= 4 is 5.97 Å². The number of hydrogen-bond donors (Lipinski definition) is 1. The van der Waals surface area contributed by atoms with Crippen LogP contribution in [0, 0.1) is 0 Å². The summed E-state index contributed by atoms with van der Waals surface area (Å²) in [5.74, 6) is -1.15. The van der Waals surface area contributed by atoms with Gasteiger partial charge in [-0.1, -0.05) is 30.3 Å². The molecule has 4 heteroatoms. The first-order chi connectivity index (χ1) is 7.65. The fourth-order valence-corrected chi connectivity index (χ4v) is 1.07. The lowest BCUT2D eigenvalue weighted by atomic mass is 10.2. The minimum atomic E-state index is -0.800. The maximum absolute atomic E-state index is 11.0. The van der Waals surface area contributed by atoms with Crippen molar-refractivity contribution in [2.75, 3.05) is 7.11 Å². The minimum Gasteiger partial charge on any atom is -0.499 e. The number of rotatable bonds is 4. The van der Waals surface area contributed by atoms with Crippen LogP contribution in [0.1, 0.15) is 12.5 Å². The molecular formula is C12H14O4. The average molecular weight is 222 g/mol. The maximum atomic E-state index is 11.0. The lowest BCUT2D eigenvalue weighted by Crippen LogP contribution is -2.07. The van der Waals surface area contributed by atoms with Crippen LogP contribution in [0.4, 0.5) is 0 Å². The first kappa shape index (κ1) is 12.1. The normalized spacial score (nSPS) is 11.6. The van der Waals surface area contributed by atoms with Crippen molar-refractivity contribution in [3.63, 3.8) is 0 Å². The highest BCUT2D eigenvalue weighted by Crippen LogP contribution is 2.08. The summed E-state index contributed by atoms with van der Waals surface area (Å²) < 4.78 is 9.60. The van der Waals surface area contributed by atoms with Crippen molar-refractivity contribution in [3.05, 3.63) is 47.4 Å². The van der Waals surface area contributed by atoms with E-state index >= 15 is 0 Å². The van der Waals surface area contributed by atoms with E-state index in [1.165, 1.54) is 14.0 Å². The van der Waals surface area contributed by atoms with Crippen LogP contribution in [-0.4, -0.2) is 18.2 Å². The van der Waals surface area contributed by atoms with E-state index in [9.17, 15) is 9.90 Å². The number of ether oxygens (including phenoxy) is 2. The fourth-order valence-electron chi connectivity index (χ4n) is 1.07. The Labute approximate surface area is 94.1 Å². The van der Waals surface area contributed by atoms with E-state index in [0.717, 1.165) is 5.56 Å². The lowest BCUT2D eigenvalue weighted by Gasteiger charge is -2.07. The van der Waals surface area contributed by atoms with Gasteiger partial charge in [-0.3, -0.25) is 0 Å². The van der Waals surface area contributed by atoms with E-state index in [2.05, 4.69) is 4.74 Å². The van der Waals surface area contributed by atoms with Gasteiger partial charge < -0.3 is 14.6 Å². The molecule has 1 N–H and O–H groups in total. The van der Waals surface area contributed by atoms with Gasteiger partial charge in [0.2, 0.25) is 5.76 Å². The van der Waals surface area contributed by atoms with Gasteiger partial charge in [0.1, 0.15) is 12.4 Å². The molecule has 0 atom stereocenters. The second-order valence-corrected chi connectivity index (χ2v) is 3.17. The summed E-state index contributed by atoms with van der Waals surface area (Å²) in [5.41, 5.74) is 0.958. The molecule has 0 unspecified atom stereocenters. The predicted molar refractivity (Wildman–Crippen MR) is 58.6 cm³/mol. The molecular weight excluding hydrogens is 208 g/mol. The van der Waals surface area contributed by atoms with Crippen molar-refractivity contribution in [1.29, 1.82) is 0 Å². The number of aliphatic hydroxyl groups excluding tert-OH is 1. The van der Waals surface area contributed by atoms with Gasteiger partial charge in [-0.15, -0.1) is 0 Å². The summed E-state index contributed by atoms with van der Waals surface area (Å²) in [6.45, 7) is 1.81. The second-order valence-electron chi connectivity index (χ2n) is 3.17. The van der Waals surface area contributed by atoms with E-state index in [1.54, 1.807) is 0 Å². The van der Waals surface area contributed by atoms with Gasteiger partial charge in [-0.2, -0.15) is 0 Å². The topological polar surface area (TPSA) is 55.8 Å². The van der Waals surface area contributed by atoms with Gasteiger partial charge in [0, 0.05) is 0 Å². The third-order valence-corrected chi connectivity index (χ3v) is 2.01. The van der Waals surface area contributed by atoms with Gasteiger partial charge >= 0.3 is 5.97 Å². The summed E-state index contributed by atoms with van der Waals surface area (Å²) in [4.78, 5) is 11.0. The summed E-state index contributed by atoms with van der Waals surface area (Å²) in [6, 6.07) is 9.46. The SMILES string of the molecule is COC(=O)/C(O)=C(/C)OCc1ccccc1. The standard InChI is InChI=1S/C12H14O4/c1-9(11(13)12(14)15-2)16-8-10-6-4-3-5-7-10/h3-7,13H,8H2,1-2H3/b11-9+. The molecule has 4 nitrogen and oxygen atoms in total. The van der Waals surface area contributed by atoms with Gasteiger partial charge in [0.25, 0.3) is 0 Å². The highest BCUT2D eigenvalue weighted by atomic mass is 16.5. The Morgan fingerprint density at radius 2 is 1.94 bits per heavy atom. The smallest absolute Gasteiger partial charge is 0.376 e. The third kappa shape index (κ3) is 3.31. The lowest BCUT2D eigenvalue weighted by molar-refractivity contribution is -0.139. The molecule has 1 aromatic rings.